The molecule has 0 aliphatic rings. The van der Waals surface area contributed by atoms with Gasteiger partial charge in [-0.05, 0) is 41.7 Å². The third kappa shape index (κ3) is 4.92. The Morgan fingerprint density at radius 1 is 0.955 bits per heavy atom. The molecule has 3 heteroatoms. The van der Waals surface area contributed by atoms with E-state index in [-0.39, 0.29) is 5.91 Å². The zero-order valence-electron chi connectivity index (χ0n) is 13.3. The predicted octanol–water partition coefficient (Wildman–Crippen LogP) is 3.51. The highest BCUT2D eigenvalue weighted by Crippen LogP contribution is 2.11. The number of benzene rings is 2. The molecule has 2 rings (SSSR count). The number of rotatable bonds is 7. The van der Waals surface area contributed by atoms with Gasteiger partial charge in [0, 0.05) is 13.0 Å². The van der Waals surface area contributed by atoms with Crippen LogP contribution in [-0.2, 0) is 24.2 Å². The van der Waals surface area contributed by atoms with Gasteiger partial charge in [0.1, 0.15) is 5.75 Å². The second-order valence-corrected chi connectivity index (χ2v) is 5.29. The second kappa shape index (κ2) is 8.23. The van der Waals surface area contributed by atoms with E-state index in [2.05, 4.69) is 36.5 Å². The maximum absolute atomic E-state index is 11.9. The number of methoxy groups -OCH3 is 1. The first-order chi connectivity index (χ1) is 10.7. The third-order valence-corrected chi connectivity index (χ3v) is 3.72. The van der Waals surface area contributed by atoms with Crippen LogP contribution in [0, 0.1) is 0 Å². The van der Waals surface area contributed by atoms with Crippen LogP contribution in [0.3, 0.4) is 0 Å². The number of carbonyl (C=O) groups is 1. The minimum absolute atomic E-state index is 0.0791. The first-order valence-corrected chi connectivity index (χ1v) is 7.68. The van der Waals surface area contributed by atoms with Crippen molar-refractivity contribution < 1.29 is 9.53 Å². The fourth-order valence-electron chi connectivity index (χ4n) is 2.23. The summed E-state index contributed by atoms with van der Waals surface area (Å²) in [6.07, 6.45) is 2.34. The fourth-order valence-corrected chi connectivity index (χ4v) is 2.23. The van der Waals surface area contributed by atoms with Crippen LogP contribution in [0.25, 0.3) is 0 Å². The number of hydrogen-bond donors (Lipinski definition) is 1. The Morgan fingerprint density at radius 2 is 1.55 bits per heavy atom. The van der Waals surface area contributed by atoms with Crippen molar-refractivity contribution in [3.8, 4) is 5.75 Å². The topological polar surface area (TPSA) is 38.3 Å². The van der Waals surface area contributed by atoms with Gasteiger partial charge < -0.3 is 10.1 Å². The predicted molar refractivity (Wildman–Crippen MR) is 89.0 cm³/mol. The zero-order chi connectivity index (χ0) is 15.8. The van der Waals surface area contributed by atoms with Crippen molar-refractivity contribution in [3.05, 3.63) is 65.2 Å². The van der Waals surface area contributed by atoms with E-state index in [9.17, 15) is 4.79 Å². The number of ether oxygens (including phenoxy) is 1. The fraction of sp³-hybridized carbons (Fsp3) is 0.316. The molecular formula is C19H23NO2. The molecule has 2 aromatic carbocycles. The number of hydrogen-bond acceptors (Lipinski definition) is 2. The lowest BCUT2D eigenvalue weighted by atomic mass is 10.1. The largest absolute Gasteiger partial charge is 0.497 e. The molecular weight excluding hydrogens is 274 g/mol. The van der Waals surface area contributed by atoms with E-state index in [1.54, 1.807) is 7.11 Å². The van der Waals surface area contributed by atoms with Gasteiger partial charge in [-0.15, -0.1) is 0 Å². The SMILES string of the molecule is CCc1ccc(CCC(=O)NCc2ccc(OC)cc2)cc1. The molecule has 0 aliphatic carbocycles. The molecule has 1 N–H and O–H groups in total. The molecule has 0 atom stereocenters. The third-order valence-electron chi connectivity index (χ3n) is 3.72. The molecule has 116 valence electrons. The van der Waals surface area contributed by atoms with Crippen LogP contribution in [0.2, 0.25) is 0 Å². The number of carbonyl (C=O) groups excluding carboxylic acids is 1. The van der Waals surface area contributed by atoms with Crippen LogP contribution < -0.4 is 10.1 Å². The van der Waals surface area contributed by atoms with Crippen molar-refractivity contribution in [3.63, 3.8) is 0 Å². The van der Waals surface area contributed by atoms with Gasteiger partial charge in [-0.25, -0.2) is 0 Å². The Labute approximate surface area is 132 Å². The smallest absolute Gasteiger partial charge is 0.220 e. The number of aryl methyl sites for hydroxylation is 2. The van der Waals surface area contributed by atoms with E-state index in [1.165, 1.54) is 11.1 Å². The lowest BCUT2D eigenvalue weighted by Gasteiger charge is -2.07. The van der Waals surface area contributed by atoms with Crippen LogP contribution in [0.5, 0.6) is 5.75 Å². The van der Waals surface area contributed by atoms with Crippen molar-refractivity contribution in [1.82, 2.24) is 5.32 Å². The van der Waals surface area contributed by atoms with Gasteiger partial charge in [0.25, 0.3) is 0 Å². The average molecular weight is 297 g/mol. The summed E-state index contributed by atoms with van der Waals surface area (Å²) >= 11 is 0. The van der Waals surface area contributed by atoms with Gasteiger partial charge in [0.15, 0.2) is 0 Å². The molecule has 0 fully saturated rings. The van der Waals surface area contributed by atoms with E-state index in [4.69, 9.17) is 4.74 Å². The molecule has 0 spiro atoms. The van der Waals surface area contributed by atoms with Gasteiger partial charge in [-0.1, -0.05) is 43.3 Å². The lowest BCUT2D eigenvalue weighted by Crippen LogP contribution is -2.22. The molecule has 0 heterocycles. The summed E-state index contributed by atoms with van der Waals surface area (Å²) in [6, 6.07) is 16.2. The highest BCUT2D eigenvalue weighted by Gasteiger charge is 2.03. The van der Waals surface area contributed by atoms with Crippen LogP contribution in [0.15, 0.2) is 48.5 Å². The van der Waals surface area contributed by atoms with Crippen molar-refractivity contribution in [2.75, 3.05) is 7.11 Å². The highest BCUT2D eigenvalue weighted by molar-refractivity contribution is 5.76. The van der Waals surface area contributed by atoms with Crippen LogP contribution in [-0.4, -0.2) is 13.0 Å². The monoisotopic (exact) mass is 297 g/mol. The van der Waals surface area contributed by atoms with Gasteiger partial charge in [0.05, 0.1) is 7.11 Å². The van der Waals surface area contributed by atoms with Crippen molar-refractivity contribution in [2.24, 2.45) is 0 Å². The Balaban J connectivity index is 1.74. The highest BCUT2D eigenvalue weighted by atomic mass is 16.5. The molecule has 2 aromatic rings. The van der Waals surface area contributed by atoms with E-state index in [0.29, 0.717) is 13.0 Å². The number of amides is 1. The van der Waals surface area contributed by atoms with Gasteiger partial charge in [-0.2, -0.15) is 0 Å². The summed E-state index contributed by atoms with van der Waals surface area (Å²) in [4.78, 5) is 11.9. The van der Waals surface area contributed by atoms with E-state index < -0.39 is 0 Å². The van der Waals surface area contributed by atoms with E-state index >= 15 is 0 Å². The zero-order valence-corrected chi connectivity index (χ0v) is 13.3. The van der Waals surface area contributed by atoms with Gasteiger partial charge in [0.2, 0.25) is 5.91 Å². The van der Waals surface area contributed by atoms with E-state index in [1.807, 2.05) is 24.3 Å². The second-order valence-electron chi connectivity index (χ2n) is 5.29. The molecule has 0 unspecified atom stereocenters. The first kappa shape index (κ1) is 16.1. The van der Waals surface area contributed by atoms with Crippen LogP contribution in [0.4, 0.5) is 0 Å². The van der Waals surface area contributed by atoms with Crippen molar-refractivity contribution in [1.29, 1.82) is 0 Å². The lowest BCUT2D eigenvalue weighted by molar-refractivity contribution is -0.121. The summed E-state index contributed by atoms with van der Waals surface area (Å²) in [7, 11) is 1.64. The average Bonchev–Trinajstić information content (AvgIpc) is 2.59. The molecule has 0 aliphatic heterocycles. The minimum atomic E-state index is 0.0791. The van der Waals surface area contributed by atoms with Gasteiger partial charge >= 0.3 is 0 Å². The first-order valence-electron chi connectivity index (χ1n) is 7.68. The maximum atomic E-state index is 11.9. The molecule has 0 saturated heterocycles. The standard InChI is InChI=1S/C19H23NO2/c1-3-15-4-6-16(7-5-15)10-13-19(21)20-14-17-8-11-18(22-2)12-9-17/h4-9,11-12H,3,10,13-14H2,1-2H3,(H,20,21). The molecule has 22 heavy (non-hydrogen) atoms. The molecule has 0 aromatic heterocycles. The Kier molecular flexibility index (Phi) is 6.01. The summed E-state index contributed by atoms with van der Waals surface area (Å²) in [6.45, 7) is 2.69. The summed E-state index contributed by atoms with van der Waals surface area (Å²) < 4.78 is 5.11. The Bertz CT molecular complexity index is 534. The summed E-state index contributed by atoms with van der Waals surface area (Å²) in [5.74, 6) is 0.904. The normalized spacial score (nSPS) is 10.3. The molecule has 0 bridgehead atoms. The molecule has 1 amide bonds. The number of nitrogens with one attached hydrogen (secondary N) is 1. The van der Waals surface area contributed by atoms with Crippen LogP contribution >= 0.6 is 0 Å². The molecule has 0 saturated carbocycles. The Hall–Kier alpha value is -2.29. The van der Waals surface area contributed by atoms with Crippen LogP contribution in [0.1, 0.15) is 30.0 Å². The van der Waals surface area contributed by atoms with Crippen molar-refractivity contribution in [2.45, 2.75) is 32.7 Å². The quantitative estimate of drug-likeness (QED) is 0.849. The summed E-state index contributed by atoms with van der Waals surface area (Å²) in [5.41, 5.74) is 3.60. The Morgan fingerprint density at radius 3 is 2.14 bits per heavy atom. The molecule has 3 nitrogen and oxygen atoms in total. The summed E-state index contributed by atoms with van der Waals surface area (Å²) in [5, 5.41) is 2.95. The van der Waals surface area contributed by atoms with Crippen molar-refractivity contribution >= 4 is 5.91 Å². The maximum Gasteiger partial charge on any atom is 0.220 e. The molecule has 0 radical (unpaired) electrons. The minimum Gasteiger partial charge on any atom is -0.497 e. The van der Waals surface area contributed by atoms with Gasteiger partial charge in [-0.3, -0.25) is 4.79 Å². The van der Waals surface area contributed by atoms with E-state index in [0.717, 1.165) is 24.2 Å².